The van der Waals surface area contributed by atoms with Gasteiger partial charge in [0.25, 0.3) is 0 Å². The molecule has 0 bridgehead atoms. The first-order chi connectivity index (χ1) is 8.24. The van der Waals surface area contributed by atoms with E-state index in [0.717, 1.165) is 45.7 Å². The summed E-state index contributed by atoms with van der Waals surface area (Å²) in [6.45, 7) is 6.51. The molecular weight excluding hydrogens is 218 g/mol. The van der Waals surface area contributed by atoms with E-state index in [0.29, 0.717) is 6.04 Å². The Kier molecular flexibility index (Phi) is 4.62. The van der Waals surface area contributed by atoms with Crippen molar-refractivity contribution in [1.29, 1.82) is 0 Å². The molecule has 0 spiro atoms. The molecule has 2 aliphatic rings. The lowest BCUT2D eigenvalue weighted by atomic mass is 9.93. The Morgan fingerprint density at radius 3 is 2.71 bits per heavy atom. The van der Waals surface area contributed by atoms with Crippen LogP contribution >= 0.6 is 0 Å². The van der Waals surface area contributed by atoms with Gasteiger partial charge in [-0.25, -0.2) is 4.79 Å². The summed E-state index contributed by atoms with van der Waals surface area (Å²) in [5, 5.41) is 5.99. The van der Waals surface area contributed by atoms with E-state index >= 15 is 0 Å². The normalized spacial score (nSPS) is 23.8. The Labute approximate surface area is 103 Å². The van der Waals surface area contributed by atoms with Crippen LogP contribution < -0.4 is 10.6 Å². The highest BCUT2D eigenvalue weighted by Gasteiger charge is 2.20. The lowest BCUT2D eigenvalue weighted by Crippen LogP contribution is -2.51. The quantitative estimate of drug-likeness (QED) is 0.756. The van der Waals surface area contributed by atoms with E-state index in [-0.39, 0.29) is 12.1 Å². The van der Waals surface area contributed by atoms with Gasteiger partial charge in [-0.05, 0) is 26.2 Å². The van der Waals surface area contributed by atoms with Gasteiger partial charge in [-0.2, -0.15) is 0 Å². The highest BCUT2D eigenvalue weighted by Crippen LogP contribution is 2.17. The number of hydrogen-bond acceptors (Lipinski definition) is 3. The Hall–Kier alpha value is -0.810. The van der Waals surface area contributed by atoms with Crippen molar-refractivity contribution in [2.75, 3.05) is 32.8 Å². The zero-order valence-electron chi connectivity index (χ0n) is 10.6. The summed E-state index contributed by atoms with van der Waals surface area (Å²) in [4.78, 5) is 14.0. The average molecular weight is 241 g/mol. The Morgan fingerprint density at radius 1 is 1.41 bits per heavy atom. The molecular formula is C12H23N3O2. The SMILES string of the molecule is CC(CN1CCOCC1)NC(=O)NC1CCC1. The second-order valence-electron chi connectivity index (χ2n) is 5.06. The minimum atomic E-state index is -0.0181. The molecule has 1 saturated carbocycles. The largest absolute Gasteiger partial charge is 0.379 e. The monoisotopic (exact) mass is 241 g/mol. The number of amides is 2. The molecule has 0 aromatic carbocycles. The summed E-state index contributed by atoms with van der Waals surface area (Å²) in [7, 11) is 0. The third-order valence-corrected chi connectivity index (χ3v) is 3.45. The van der Waals surface area contributed by atoms with Crippen molar-refractivity contribution >= 4 is 6.03 Å². The minimum absolute atomic E-state index is 0.0181. The zero-order valence-corrected chi connectivity index (χ0v) is 10.6. The first-order valence-electron chi connectivity index (χ1n) is 6.61. The molecule has 1 heterocycles. The maximum Gasteiger partial charge on any atom is 0.315 e. The summed E-state index contributed by atoms with van der Waals surface area (Å²) in [6, 6.07) is 0.578. The van der Waals surface area contributed by atoms with Crippen LogP contribution in [0.3, 0.4) is 0 Å². The van der Waals surface area contributed by atoms with Crippen LogP contribution in [0.4, 0.5) is 4.79 Å². The molecule has 2 N–H and O–H groups in total. The molecule has 98 valence electrons. The van der Waals surface area contributed by atoms with Gasteiger partial charge in [-0.3, -0.25) is 4.90 Å². The number of morpholine rings is 1. The molecule has 1 saturated heterocycles. The van der Waals surface area contributed by atoms with Gasteiger partial charge < -0.3 is 15.4 Å². The number of urea groups is 1. The summed E-state index contributed by atoms with van der Waals surface area (Å²) >= 11 is 0. The van der Waals surface area contributed by atoms with Crippen molar-refractivity contribution in [2.24, 2.45) is 0 Å². The molecule has 17 heavy (non-hydrogen) atoms. The topological polar surface area (TPSA) is 53.6 Å². The molecule has 1 unspecified atom stereocenters. The number of rotatable bonds is 4. The van der Waals surface area contributed by atoms with E-state index in [2.05, 4.69) is 22.5 Å². The number of nitrogens with one attached hydrogen (secondary N) is 2. The first-order valence-corrected chi connectivity index (χ1v) is 6.61. The van der Waals surface area contributed by atoms with Crippen molar-refractivity contribution in [3.8, 4) is 0 Å². The molecule has 2 rings (SSSR count). The van der Waals surface area contributed by atoms with Gasteiger partial charge in [0.15, 0.2) is 0 Å². The van der Waals surface area contributed by atoms with Gasteiger partial charge in [0.05, 0.1) is 13.2 Å². The van der Waals surface area contributed by atoms with E-state index < -0.39 is 0 Å². The third kappa shape index (κ3) is 4.16. The molecule has 0 aromatic rings. The van der Waals surface area contributed by atoms with E-state index in [1.165, 1.54) is 6.42 Å². The maximum absolute atomic E-state index is 11.6. The van der Waals surface area contributed by atoms with E-state index in [1.807, 2.05) is 0 Å². The third-order valence-electron chi connectivity index (χ3n) is 3.45. The number of ether oxygens (including phenoxy) is 1. The van der Waals surface area contributed by atoms with Gasteiger partial charge in [-0.1, -0.05) is 0 Å². The number of carbonyl (C=O) groups excluding carboxylic acids is 1. The van der Waals surface area contributed by atoms with Crippen molar-refractivity contribution in [3.63, 3.8) is 0 Å². The highest BCUT2D eigenvalue weighted by atomic mass is 16.5. The lowest BCUT2D eigenvalue weighted by molar-refractivity contribution is 0.0348. The molecule has 5 nitrogen and oxygen atoms in total. The molecule has 0 radical (unpaired) electrons. The maximum atomic E-state index is 11.6. The van der Waals surface area contributed by atoms with Crippen molar-refractivity contribution in [1.82, 2.24) is 15.5 Å². The molecule has 1 aliphatic heterocycles. The van der Waals surface area contributed by atoms with Gasteiger partial charge >= 0.3 is 6.03 Å². The summed E-state index contributed by atoms with van der Waals surface area (Å²) in [5.41, 5.74) is 0. The summed E-state index contributed by atoms with van der Waals surface area (Å²) in [5.74, 6) is 0. The van der Waals surface area contributed by atoms with Crippen LogP contribution in [-0.2, 0) is 4.74 Å². The van der Waals surface area contributed by atoms with Crippen LogP contribution in [0.15, 0.2) is 0 Å². The smallest absolute Gasteiger partial charge is 0.315 e. The van der Waals surface area contributed by atoms with Gasteiger partial charge in [0.2, 0.25) is 0 Å². The predicted molar refractivity (Wildman–Crippen MR) is 66.0 cm³/mol. The fraction of sp³-hybridized carbons (Fsp3) is 0.917. The van der Waals surface area contributed by atoms with Gasteiger partial charge in [-0.15, -0.1) is 0 Å². The number of carbonyl (C=O) groups is 1. The van der Waals surface area contributed by atoms with Crippen molar-refractivity contribution in [3.05, 3.63) is 0 Å². The predicted octanol–water partition coefficient (Wildman–Crippen LogP) is 0.559. The summed E-state index contributed by atoms with van der Waals surface area (Å²) < 4.78 is 5.30. The van der Waals surface area contributed by atoms with Crippen molar-refractivity contribution < 1.29 is 9.53 Å². The van der Waals surface area contributed by atoms with Crippen LogP contribution in [0.1, 0.15) is 26.2 Å². The highest BCUT2D eigenvalue weighted by molar-refractivity contribution is 5.74. The van der Waals surface area contributed by atoms with Crippen molar-refractivity contribution in [2.45, 2.75) is 38.3 Å². The standard InChI is InChI=1S/C12H23N3O2/c1-10(9-15-5-7-17-8-6-15)13-12(16)14-11-3-2-4-11/h10-11H,2-9H2,1H3,(H2,13,14,16). The van der Waals surface area contributed by atoms with Gasteiger partial charge in [0.1, 0.15) is 0 Å². The van der Waals surface area contributed by atoms with E-state index in [4.69, 9.17) is 4.74 Å². The minimum Gasteiger partial charge on any atom is -0.379 e. The first kappa shape index (κ1) is 12.6. The molecule has 1 aliphatic carbocycles. The summed E-state index contributed by atoms with van der Waals surface area (Å²) in [6.07, 6.45) is 3.50. The molecule has 0 aromatic heterocycles. The van der Waals surface area contributed by atoms with Gasteiger partial charge in [0, 0.05) is 31.7 Å². The second kappa shape index (κ2) is 6.21. The molecule has 1 atom stereocenters. The van der Waals surface area contributed by atoms with E-state index in [1.54, 1.807) is 0 Å². The molecule has 5 heteroatoms. The van der Waals surface area contributed by atoms with E-state index in [9.17, 15) is 4.79 Å². The molecule has 2 fully saturated rings. The Morgan fingerprint density at radius 2 is 2.12 bits per heavy atom. The Bertz CT molecular complexity index is 250. The average Bonchev–Trinajstić information content (AvgIpc) is 2.25. The van der Waals surface area contributed by atoms with Crippen LogP contribution in [0.25, 0.3) is 0 Å². The number of nitrogens with zero attached hydrogens (tertiary/aromatic N) is 1. The van der Waals surface area contributed by atoms with Crippen LogP contribution in [0.5, 0.6) is 0 Å². The fourth-order valence-electron chi connectivity index (χ4n) is 2.22. The zero-order chi connectivity index (χ0) is 12.1. The van der Waals surface area contributed by atoms with Crippen LogP contribution in [0, 0.1) is 0 Å². The van der Waals surface area contributed by atoms with Crippen LogP contribution in [0.2, 0.25) is 0 Å². The molecule has 2 amide bonds. The van der Waals surface area contributed by atoms with Crippen LogP contribution in [-0.4, -0.2) is 55.9 Å². The number of hydrogen-bond donors (Lipinski definition) is 2. The fourth-order valence-corrected chi connectivity index (χ4v) is 2.22. The second-order valence-corrected chi connectivity index (χ2v) is 5.06. The Balaban J connectivity index is 1.61. The lowest BCUT2D eigenvalue weighted by Gasteiger charge is -2.30.